The van der Waals surface area contributed by atoms with E-state index in [1.807, 2.05) is 11.3 Å². The Hall–Kier alpha value is -1.16. The molecule has 1 unspecified atom stereocenters. The van der Waals surface area contributed by atoms with Gasteiger partial charge in [0.25, 0.3) is 0 Å². The molecule has 2 aromatic rings. The van der Waals surface area contributed by atoms with Gasteiger partial charge in [-0.3, -0.25) is 4.90 Å². The highest BCUT2D eigenvalue weighted by Crippen LogP contribution is 2.34. The predicted octanol–water partition coefficient (Wildman–Crippen LogP) is 3.93. The Labute approximate surface area is 131 Å². The molecule has 1 aliphatic heterocycles. The van der Waals surface area contributed by atoms with E-state index in [9.17, 15) is 5.11 Å². The Morgan fingerprint density at radius 2 is 2.14 bits per heavy atom. The van der Waals surface area contributed by atoms with Crippen molar-refractivity contribution >= 4 is 11.3 Å². The van der Waals surface area contributed by atoms with E-state index < -0.39 is 0 Å². The summed E-state index contributed by atoms with van der Waals surface area (Å²) in [7, 11) is 0. The summed E-state index contributed by atoms with van der Waals surface area (Å²) in [5, 5.41) is 11.5. The molecule has 3 rings (SSSR count). The van der Waals surface area contributed by atoms with Gasteiger partial charge >= 0.3 is 0 Å². The smallest absolute Gasteiger partial charge is 0.0431 e. The molecule has 0 bridgehead atoms. The molecule has 1 N–H and O–H groups in total. The fraction of sp³-hybridized carbons (Fsp3) is 0.444. The van der Waals surface area contributed by atoms with Gasteiger partial charge in [-0.1, -0.05) is 24.3 Å². The van der Waals surface area contributed by atoms with Crippen molar-refractivity contribution in [2.75, 3.05) is 13.2 Å². The summed E-state index contributed by atoms with van der Waals surface area (Å²) < 4.78 is 0. The molecule has 1 aromatic carbocycles. The predicted molar refractivity (Wildman–Crippen MR) is 88.7 cm³/mol. The third-order valence-corrected chi connectivity index (χ3v) is 5.48. The summed E-state index contributed by atoms with van der Waals surface area (Å²) in [6.45, 7) is 4.64. The first kappa shape index (κ1) is 14.8. The lowest BCUT2D eigenvalue weighted by Gasteiger charge is -2.35. The lowest BCUT2D eigenvalue weighted by molar-refractivity contribution is 0.158. The van der Waals surface area contributed by atoms with Crippen LogP contribution in [0.4, 0.5) is 0 Å². The molecule has 0 saturated carbocycles. The molecule has 21 heavy (non-hydrogen) atoms. The fourth-order valence-corrected chi connectivity index (χ4v) is 4.21. The van der Waals surface area contributed by atoms with Crippen LogP contribution in [0.15, 0.2) is 35.7 Å². The first-order chi connectivity index (χ1) is 10.3. The molecule has 3 heteroatoms. The van der Waals surface area contributed by atoms with Gasteiger partial charge in [-0.15, -0.1) is 11.3 Å². The Bertz CT molecular complexity index is 592. The van der Waals surface area contributed by atoms with Gasteiger partial charge < -0.3 is 5.11 Å². The Kier molecular flexibility index (Phi) is 4.73. The molecule has 0 aliphatic carbocycles. The molecule has 1 aliphatic rings. The van der Waals surface area contributed by atoms with E-state index in [-0.39, 0.29) is 6.61 Å². The van der Waals surface area contributed by atoms with Crippen molar-refractivity contribution in [3.05, 3.63) is 57.3 Å². The summed E-state index contributed by atoms with van der Waals surface area (Å²) in [5.74, 6) is 0. The van der Waals surface area contributed by atoms with Gasteiger partial charge in [-0.25, -0.2) is 0 Å². The maximum Gasteiger partial charge on any atom is 0.0431 e. The highest BCUT2D eigenvalue weighted by atomic mass is 32.1. The zero-order valence-corrected chi connectivity index (χ0v) is 13.4. The van der Waals surface area contributed by atoms with E-state index in [2.05, 4.69) is 47.5 Å². The largest absolute Gasteiger partial charge is 0.396 e. The van der Waals surface area contributed by atoms with Gasteiger partial charge in [0.05, 0.1) is 0 Å². The highest BCUT2D eigenvalue weighted by molar-refractivity contribution is 7.10. The topological polar surface area (TPSA) is 23.5 Å². The average Bonchev–Trinajstić information content (AvgIpc) is 2.97. The normalized spacial score (nSPS) is 16.7. The number of hydrogen-bond donors (Lipinski definition) is 1. The van der Waals surface area contributed by atoms with E-state index in [1.54, 1.807) is 4.88 Å². The Morgan fingerprint density at radius 1 is 1.29 bits per heavy atom. The molecule has 0 spiro atoms. The molecule has 0 saturated heterocycles. The molecule has 112 valence electrons. The SMILES string of the molecule is Cc1ccccc1C(CCCO)N1CCc2sccc2C1. The van der Waals surface area contributed by atoms with Crippen molar-refractivity contribution in [2.45, 2.75) is 38.8 Å². The van der Waals surface area contributed by atoms with E-state index in [1.165, 1.54) is 16.7 Å². The van der Waals surface area contributed by atoms with Crippen LogP contribution in [0.2, 0.25) is 0 Å². The number of aryl methyl sites for hydroxylation is 1. The quantitative estimate of drug-likeness (QED) is 0.904. The van der Waals surface area contributed by atoms with Crippen molar-refractivity contribution in [2.24, 2.45) is 0 Å². The van der Waals surface area contributed by atoms with Gasteiger partial charge in [-0.2, -0.15) is 0 Å². The third-order valence-electron chi connectivity index (χ3n) is 4.46. The van der Waals surface area contributed by atoms with Crippen LogP contribution < -0.4 is 0 Å². The standard InChI is InChI=1S/C18H23NOS/c1-14-5-2-3-6-16(14)17(7-4-11-20)19-10-8-18-15(13-19)9-12-21-18/h2-3,5-6,9,12,17,20H,4,7-8,10-11,13H2,1H3. The number of benzene rings is 1. The summed E-state index contributed by atoms with van der Waals surface area (Å²) in [4.78, 5) is 4.14. The van der Waals surface area contributed by atoms with Crippen LogP contribution in [0.3, 0.4) is 0 Å². The molecule has 2 nitrogen and oxygen atoms in total. The number of thiophene rings is 1. The second-order valence-corrected chi connectivity index (χ2v) is 6.83. The molecule has 2 heterocycles. The number of nitrogens with zero attached hydrogens (tertiary/aromatic N) is 1. The minimum atomic E-state index is 0.278. The van der Waals surface area contributed by atoms with Gasteiger partial charge in [0.1, 0.15) is 0 Å². The number of aliphatic hydroxyl groups is 1. The second kappa shape index (κ2) is 6.73. The van der Waals surface area contributed by atoms with Crippen LogP contribution in [0.25, 0.3) is 0 Å². The summed E-state index contributed by atoms with van der Waals surface area (Å²) in [5.41, 5.74) is 4.27. The lowest BCUT2D eigenvalue weighted by Crippen LogP contribution is -2.34. The molecule has 0 radical (unpaired) electrons. The number of fused-ring (bicyclic) bond motifs is 1. The molecule has 0 fully saturated rings. The van der Waals surface area contributed by atoms with Crippen LogP contribution in [0, 0.1) is 6.92 Å². The minimum Gasteiger partial charge on any atom is -0.396 e. The first-order valence-corrected chi connectivity index (χ1v) is 8.63. The molecule has 1 aromatic heterocycles. The first-order valence-electron chi connectivity index (χ1n) is 7.75. The van der Waals surface area contributed by atoms with Crippen molar-refractivity contribution in [1.29, 1.82) is 0 Å². The zero-order chi connectivity index (χ0) is 14.7. The molecule has 1 atom stereocenters. The molecular weight excluding hydrogens is 278 g/mol. The van der Waals surface area contributed by atoms with Crippen molar-refractivity contribution in [3.8, 4) is 0 Å². The minimum absolute atomic E-state index is 0.278. The van der Waals surface area contributed by atoms with Gasteiger partial charge in [0, 0.05) is 30.6 Å². The van der Waals surface area contributed by atoms with Crippen LogP contribution >= 0.6 is 11.3 Å². The van der Waals surface area contributed by atoms with Crippen LogP contribution in [0.1, 0.15) is 40.5 Å². The average molecular weight is 301 g/mol. The molecular formula is C18H23NOS. The van der Waals surface area contributed by atoms with Crippen LogP contribution in [-0.4, -0.2) is 23.2 Å². The van der Waals surface area contributed by atoms with E-state index in [0.29, 0.717) is 6.04 Å². The maximum absolute atomic E-state index is 9.24. The monoisotopic (exact) mass is 301 g/mol. The van der Waals surface area contributed by atoms with Crippen molar-refractivity contribution in [3.63, 3.8) is 0 Å². The van der Waals surface area contributed by atoms with E-state index in [0.717, 1.165) is 32.4 Å². The Morgan fingerprint density at radius 3 is 2.95 bits per heavy atom. The van der Waals surface area contributed by atoms with Gasteiger partial charge in [0.2, 0.25) is 0 Å². The summed E-state index contributed by atoms with van der Waals surface area (Å²) in [6, 6.07) is 11.4. The fourth-order valence-electron chi connectivity index (χ4n) is 3.32. The van der Waals surface area contributed by atoms with E-state index >= 15 is 0 Å². The van der Waals surface area contributed by atoms with Gasteiger partial charge in [-0.05, 0) is 54.3 Å². The third kappa shape index (κ3) is 3.20. The highest BCUT2D eigenvalue weighted by Gasteiger charge is 2.25. The number of rotatable bonds is 5. The number of aliphatic hydroxyl groups excluding tert-OH is 1. The zero-order valence-electron chi connectivity index (χ0n) is 12.6. The number of hydrogen-bond acceptors (Lipinski definition) is 3. The molecule has 0 amide bonds. The van der Waals surface area contributed by atoms with Crippen molar-refractivity contribution in [1.82, 2.24) is 4.90 Å². The van der Waals surface area contributed by atoms with Crippen LogP contribution in [-0.2, 0) is 13.0 Å². The lowest BCUT2D eigenvalue weighted by atomic mass is 9.94. The van der Waals surface area contributed by atoms with E-state index in [4.69, 9.17) is 0 Å². The Balaban J connectivity index is 1.85. The van der Waals surface area contributed by atoms with Crippen molar-refractivity contribution < 1.29 is 5.11 Å². The maximum atomic E-state index is 9.24. The summed E-state index contributed by atoms with van der Waals surface area (Å²) in [6.07, 6.45) is 3.06. The van der Waals surface area contributed by atoms with Crippen LogP contribution in [0.5, 0.6) is 0 Å². The second-order valence-electron chi connectivity index (χ2n) is 5.83. The van der Waals surface area contributed by atoms with Gasteiger partial charge in [0.15, 0.2) is 0 Å². The summed E-state index contributed by atoms with van der Waals surface area (Å²) >= 11 is 1.89.